The number of carbonyl (C=O) groups is 1. The molecule has 1 N–H and O–H groups in total. The molecule has 0 spiro atoms. The van der Waals surface area contributed by atoms with Crippen molar-refractivity contribution in [2.45, 2.75) is 19.5 Å². The maximum atomic E-state index is 13.1. The summed E-state index contributed by atoms with van der Waals surface area (Å²) in [5.74, 6) is -0.983. The summed E-state index contributed by atoms with van der Waals surface area (Å²) >= 11 is 0. The van der Waals surface area contributed by atoms with Crippen molar-refractivity contribution in [1.82, 2.24) is 4.90 Å². The van der Waals surface area contributed by atoms with Gasteiger partial charge in [-0.25, -0.2) is 8.42 Å². The van der Waals surface area contributed by atoms with Gasteiger partial charge in [-0.15, -0.1) is 4.40 Å². The fraction of sp³-hybridized carbons (Fsp3) is 0.333. The van der Waals surface area contributed by atoms with Crippen molar-refractivity contribution in [1.29, 1.82) is 0 Å². The number of rotatable bonds is 5. The van der Waals surface area contributed by atoms with Crippen LogP contribution in [0.3, 0.4) is 0 Å². The van der Waals surface area contributed by atoms with Crippen LogP contribution in [0.4, 0.5) is 18.9 Å². The van der Waals surface area contributed by atoms with E-state index in [0.717, 1.165) is 18.2 Å². The predicted octanol–water partition coefficient (Wildman–Crippen LogP) is 2.93. The van der Waals surface area contributed by atoms with Crippen LogP contribution in [0.2, 0.25) is 0 Å². The molecule has 2 heterocycles. The second kappa shape index (κ2) is 7.90. The molecule has 1 amide bonds. The van der Waals surface area contributed by atoms with Gasteiger partial charge in [0.25, 0.3) is 15.9 Å². The topological polar surface area (TPSA) is 88.1 Å². The minimum atomic E-state index is -4.60. The number of nitrogens with one attached hydrogen (secondary N) is 1. The highest BCUT2D eigenvalue weighted by Gasteiger charge is 2.33. The second-order valence-corrected chi connectivity index (χ2v) is 8.08. The Labute approximate surface area is 165 Å². The standard InChI is InChI=1S/C18H18F3N3O4S/c1-2-9-28-15-6-5-12(18(19,20)21)11-14(15)22-17(25)13-4-3-7-24-8-10-29(26,27)23-16(13)24/h3-7,11H,2,8-10H2,1H3,(H,22,25). The summed E-state index contributed by atoms with van der Waals surface area (Å²) in [7, 11) is -3.72. The van der Waals surface area contributed by atoms with Gasteiger partial charge < -0.3 is 15.0 Å². The van der Waals surface area contributed by atoms with E-state index in [1.165, 1.54) is 17.1 Å². The molecule has 0 saturated heterocycles. The highest BCUT2D eigenvalue weighted by atomic mass is 32.2. The number of nitrogens with zero attached hydrogens (tertiary/aromatic N) is 2. The largest absolute Gasteiger partial charge is 0.491 e. The average molecular weight is 429 g/mol. The zero-order chi connectivity index (χ0) is 21.2. The number of carbonyl (C=O) groups excluding carboxylic acids is 1. The van der Waals surface area contributed by atoms with Crippen molar-refractivity contribution >= 4 is 27.5 Å². The molecule has 2 aliphatic heterocycles. The van der Waals surface area contributed by atoms with Crippen LogP contribution < -0.4 is 10.1 Å². The van der Waals surface area contributed by atoms with Crippen LogP contribution in [0.5, 0.6) is 5.75 Å². The van der Waals surface area contributed by atoms with Crippen LogP contribution in [0, 0.1) is 0 Å². The number of sulfonamides is 1. The van der Waals surface area contributed by atoms with Crippen LogP contribution in [0.1, 0.15) is 18.9 Å². The molecule has 0 radical (unpaired) electrons. The first-order chi connectivity index (χ1) is 13.6. The van der Waals surface area contributed by atoms with Crippen LogP contribution >= 0.6 is 0 Å². The third kappa shape index (κ3) is 4.78. The Bertz CT molecular complexity index is 1010. The Morgan fingerprint density at radius 3 is 2.79 bits per heavy atom. The summed E-state index contributed by atoms with van der Waals surface area (Å²) in [6, 6.07) is 2.78. The van der Waals surface area contributed by atoms with Gasteiger partial charge in [0.15, 0.2) is 5.84 Å². The first-order valence-electron chi connectivity index (χ1n) is 8.74. The van der Waals surface area contributed by atoms with Crippen molar-refractivity contribution in [3.05, 3.63) is 47.7 Å². The van der Waals surface area contributed by atoms with E-state index in [1.54, 1.807) is 6.20 Å². The fourth-order valence-electron chi connectivity index (χ4n) is 2.72. The number of anilines is 1. The van der Waals surface area contributed by atoms with E-state index in [9.17, 15) is 26.4 Å². The van der Waals surface area contributed by atoms with Crippen LogP contribution in [0.25, 0.3) is 0 Å². The summed E-state index contributed by atoms with van der Waals surface area (Å²) in [4.78, 5) is 14.3. The molecule has 29 heavy (non-hydrogen) atoms. The van der Waals surface area contributed by atoms with Gasteiger partial charge >= 0.3 is 6.18 Å². The van der Waals surface area contributed by atoms with Gasteiger partial charge in [-0.05, 0) is 36.8 Å². The van der Waals surface area contributed by atoms with E-state index in [-0.39, 0.29) is 41.8 Å². The number of benzene rings is 1. The Kier molecular flexibility index (Phi) is 5.69. The molecule has 0 aromatic heterocycles. The second-order valence-electron chi connectivity index (χ2n) is 6.33. The smallest absolute Gasteiger partial charge is 0.416 e. The monoisotopic (exact) mass is 429 g/mol. The van der Waals surface area contributed by atoms with Crippen molar-refractivity contribution in [3.63, 3.8) is 0 Å². The van der Waals surface area contributed by atoms with Crippen LogP contribution in [-0.4, -0.2) is 44.0 Å². The number of hydrogen-bond donors (Lipinski definition) is 1. The number of alkyl halides is 3. The van der Waals surface area contributed by atoms with E-state index in [2.05, 4.69) is 9.71 Å². The van der Waals surface area contributed by atoms with E-state index in [1.807, 2.05) is 6.92 Å². The molecule has 0 aliphatic carbocycles. The summed E-state index contributed by atoms with van der Waals surface area (Å²) in [5.41, 5.74) is -1.19. The molecule has 11 heteroatoms. The van der Waals surface area contributed by atoms with Crippen molar-refractivity contribution in [3.8, 4) is 5.75 Å². The van der Waals surface area contributed by atoms with Gasteiger partial charge in [-0.2, -0.15) is 13.2 Å². The number of halogens is 3. The number of hydrogen-bond acceptors (Lipinski definition) is 5. The van der Waals surface area contributed by atoms with Gasteiger partial charge in [-0.1, -0.05) is 6.92 Å². The number of amidine groups is 1. The third-order valence-electron chi connectivity index (χ3n) is 4.12. The lowest BCUT2D eigenvalue weighted by Crippen LogP contribution is -2.40. The maximum absolute atomic E-state index is 13.1. The van der Waals surface area contributed by atoms with Crippen LogP contribution in [0.15, 0.2) is 46.5 Å². The number of ether oxygens (including phenoxy) is 1. The molecule has 2 aliphatic rings. The SMILES string of the molecule is CCCOc1ccc(C(F)(F)F)cc1NC(=O)C1=CC=CN2CCS(=O)(=O)N=C12. The maximum Gasteiger partial charge on any atom is 0.416 e. The Morgan fingerprint density at radius 2 is 2.10 bits per heavy atom. The number of allylic oxidation sites excluding steroid dienone is 2. The lowest BCUT2D eigenvalue weighted by Gasteiger charge is -2.28. The first-order valence-corrected chi connectivity index (χ1v) is 10.3. The lowest BCUT2D eigenvalue weighted by molar-refractivity contribution is -0.137. The first kappa shape index (κ1) is 20.9. The molecule has 0 fully saturated rings. The minimum Gasteiger partial charge on any atom is -0.491 e. The van der Waals surface area contributed by atoms with Crippen molar-refractivity contribution < 1.29 is 31.1 Å². The predicted molar refractivity (Wildman–Crippen MR) is 101 cm³/mol. The highest BCUT2D eigenvalue weighted by molar-refractivity contribution is 7.90. The summed E-state index contributed by atoms with van der Waals surface area (Å²) in [5, 5.41) is 2.39. The Balaban J connectivity index is 1.94. The molecule has 3 rings (SSSR count). The third-order valence-corrected chi connectivity index (χ3v) is 5.27. The van der Waals surface area contributed by atoms with Gasteiger partial charge in [0.1, 0.15) is 5.75 Å². The molecule has 0 saturated carbocycles. The summed E-state index contributed by atoms with van der Waals surface area (Å²) in [6.45, 7) is 2.20. The van der Waals surface area contributed by atoms with Gasteiger partial charge in [-0.3, -0.25) is 4.79 Å². The molecule has 0 atom stereocenters. The molecular formula is C18H18F3N3O4S. The quantitative estimate of drug-likeness (QED) is 0.778. The zero-order valence-corrected chi connectivity index (χ0v) is 16.2. The highest BCUT2D eigenvalue weighted by Crippen LogP contribution is 2.35. The number of amides is 1. The zero-order valence-electron chi connectivity index (χ0n) is 15.4. The van der Waals surface area contributed by atoms with Gasteiger partial charge in [0.2, 0.25) is 0 Å². The van der Waals surface area contributed by atoms with Gasteiger partial charge in [0.05, 0.1) is 29.2 Å². The van der Waals surface area contributed by atoms with E-state index >= 15 is 0 Å². The van der Waals surface area contributed by atoms with E-state index in [0.29, 0.717) is 6.42 Å². The molecular weight excluding hydrogens is 411 g/mol. The molecule has 1 aromatic rings. The fourth-order valence-corrected chi connectivity index (χ4v) is 3.71. The molecule has 0 bridgehead atoms. The van der Waals surface area contributed by atoms with E-state index in [4.69, 9.17) is 4.74 Å². The van der Waals surface area contributed by atoms with E-state index < -0.39 is 27.7 Å². The normalized spacial score (nSPS) is 17.9. The molecule has 1 aromatic carbocycles. The van der Waals surface area contributed by atoms with Crippen LogP contribution in [-0.2, 0) is 21.0 Å². The number of fused-ring (bicyclic) bond motifs is 1. The molecule has 156 valence electrons. The summed E-state index contributed by atoms with van der Waals surface area (Å²) < 4.78 is 71.9. The van der Waals surface area contributed by atoms with Crippen molar-refractivity contribution in [2.24, 2.45) is 4.40 Å². The summed E-state index contributed by atoms with van der Waals surface area (Å²) in [6.07, 6.45) is 0.477. The average Bonchev–Trinajstić information content (AvgIpc) is 2.65. The van der Waals surface area contributed by atoms with Gasteiger partial charge in [0, 0.05) is 12.7 Å². The Hall–Kier alpha value is -2.82. The molecule has 0 unspecified atom stereocenters. The molecule has 7 nitrogen and oxygen atoms in total. The van der Waals surface area contributed by atoms with Crippen molar-refractivity contribution in [2.75, 3.05) is 24.2 Å². The Morgan fingerprint density at radius 1 is 1.34 bits per heavy atom. The minimum absolute atomic E-state index is 0.0701. The lowest BCUT2D eigenvalue weighted by atomic mass is 10.1.